The second-order valence-corrected chi connectivity index (χ2v) is 9.36. The quantitative estimate of drug-likeness (QED) is 0.191. The molecule has 1 saturated heterocycles. The lowest BCUT2D eigenvalue weighted by molar-refractivity contribution is -0.132. The summed E-state index contributed by atoms with van der Waals surface area (Å²) in [6, 6.07) is 14.3. The van der Waals surface area contributed by atoms with Gasteiger partial charge in [-0.15, -0.1) is 0 Å². The van der Waals surface area contributed by atoms with Crippen molar-refractivity contribution in [1.82, 2.24) is 4.98 Å². The van der Waals surface area contributed by atoms with E-state index in [-0.39, 0.29) is 16.3 Å². The number of hydrogen-bond donors (Lipinski definition) is 1. The number of anilines is 1. The van der Waals surface area contributed by atoms with Gasteiger partial charge in [0, 0.05) is 5.56 Å². The molecule has 0 bridgehead atoms. The number of aliphatic hydroxyl groups is 1. The molecule has 38 heavy (non-hydrogen) atoms. The van der Waals surface area contributed by atoms with Gasteiger partial charge in [-0.1, -0.05) is 17.4 Å². The minimum absolute atomic E-state index is 0.148. The normalized spacial score (nSPS) is 16.7. The minimum atomic E-state index is -1.04. The highest BCUT2D eigenvalue weighted by molar-refractivity contribution is 7.22. The molecule has 0 radical (unpaired) electrons. The first-order valence-corrected chi connectivity index (χ1v) is 12.5. The fourth-order valence-electron chi connectivity index (χ4n) is 4.36. The molecule has 1 aromatic heterocycles. The predicted molar refractivity (Wildman–Crippen MR) is 142 cm³/mol. The monoisotopic (exact) mass is 534 g/mol. The van der Waals surface area contributed by atoms with Crippen molar-refractivity contribution in [1.29, 1.82) is 0 Å². The Morgan fingerprint density at radius 2 is 1.79 bits per heavy atom. The molecule has 4 aromatic rings. The Bertz CT molecular complexity index is 1580. The van der Waals surface area contributed by atoms with Crippen LogP contribution in [0.15, 0.2) is 66.2 Å². The third kappa shape index (κ3) is 4.32. The van der Waals surface area contributed by atoms with Gasteiger partial charge in [-0.05, 0) is 67.1 Å². The van der Waals surface area contributed by atoms with Crippen LogP contribution in [0.1, 0.15) is 24.1 Å². The Kier molecular flexibility index (Phi) is 6.73. The topological polar surface area (TPSA) is 98.2 Å². The van der Waals surface area contributed by atoms with Crippen LogP contribution in [0.25, 0.3) is 16.0 Å². The highest BCUT2D eigenvalue weighted by Crippen LogP contribution is 2.46. The molecule has 0 spiro atoms. The number of carbonyl (C=O) groups excluding carboxylic acids is 2. The number of methoxy groups -OCH3 is 2. The molecule has 194 valence electrons. The van der Waals surface area contributed by atoms with E-state index in [2.05, 4.69) is 4.98 Å². The number of nitrogens with zero attached hydrogens (tertiary/aromatic N) is 2. The number of hydrogen-bond acceptors (Lipinski definition) is 8. The van der Waals surface area contributed by atoms with Crippen molar-refractivity contribution < 1.29 is 33.3 Å². The molecule has 0 aliphatic carbocycles. The van der Waals surface area contributed by atoms with Gasteiger partial charge in [0.1, 0.15) is 17.3 Å². The molecular weight excluding hydrogens is 511 g/mol. The highest BCUT2D eigenvalue weighted by Gasteiger charge is 2.48. The number of rotatable bonds is 7. The van der Waals surface area contributed by atoms with Crippen LogP contribution in [0.4, 0.5) is 9.52 Å². The largest absolute Gasteiger partial charge is 0.507 e. The second kappa shape index (κ2) is 10.1. The average Bonchev–Trinajstić information content (AvgIpc) is 3.46. The number of carbonyl (C=O) groups is 2. The highest BCUT2D eigenvalue weighted by atomic mass is 32.1. The van der Waals surface area contributed by atoms with Crippen molar-refractivity contribution in [3.05, 3.63) is 83.2 Å². The zero-order valence-corrected chi connectivity index (χ0v) is 21.5. The number of amides is 1. The Labute approximate surface area is 221 Å². The van der Waals surface area contributed by atoms with E-state index in [0.717, 1.165) is 4.70 Å². The fraction of sp³-hybridized carbons (Fsp3) is 0.179. The molecule has 5 rings (SSSR count). The summed E-state index contributed by atoms with van der Waals surface area (Å²) in [5, 5.41) is 11.5. The summed E-state index contributed by atoms with van der Waals surface area (Å²) >= 11 is 1.21. The van der Waals surface area contributed by atoms with Gasteiger partial charge in [-0.2, -0.15) is 0 Å². The van der Waals surface area contributed by atoms with Gasteiger partial charge >= 0.3 is 5.91 Å². The zero-order valence-electron chi connectivity index (χ0n) is 20.7. The molecule has 0 saturated carbocycles. The molecule has 3 aromatic carbocycles. The smallest absolute Gasteiger partial charge is 0.301 e. The molecule has 1 aliphatic rings. The number of ketones is 1. The van der Waals surface area contributed by atoms with Crippen LogP contribution in [0.2, 0.25) is 0 Å². The van der Waals surface area contributed by atoms with Crippen LogP contribution in [0, 0.1) is 5.82 Å². The first-order valence-electron chi connectivity index (χ1n) is 11.7. The zero-order chi connectivity index (χ0) is 27.0. The molecule has 1 fully saturated rings. The minimum Gasteiger partial charge on any atom is -0.507 e. The second-order valence-electron chi connectivity index (χ2n) is 8.35. The lowest BCUT2D eigenvalue weighted by atomic mass is 9.95. The Morgan fingerprint density at radius 1 is 1.03 bits per heavy atom. The number of ether oxygens (including phenoxy) is 3. The van der Waals surface area contributed by atoms with Gasteiger partial charge in [0.2, 0.25) is 0 Å². The third-order valence-electron chi connectivity index (χ3n) is 6.16. The summed E-state index contributed by atoms with van der Waals surface area (Å²) in [6.07, 6.45) is 0. The van der Waals surface area contributed by atoms with E-state index in [0.29, 0.717) is 34.9 Å². The van der Waals surface area contributed by atoms with Gasteiger partial charge in [0.25, 0.3) is 5.78 Å². The number of fused-ring (bicyclic) bond motifs is 1. The first kappa shape index (κ1) is 25.2. The summed E-state index contributed by atoms with van der Waals surface area (Å²) < 4.78 is 30.7. The molecular formula is C28H23FN2O6S. The van der Waals surface area contributed by atoms with Crippen molar-refractivity contribution in [2.45, 2.75) is 13.0 Å². The number of benzene rings is 3. The maximum absolute atomic E-state index is 13.6. The van der Waals surface area contributed by atoms with Crippen LogP contribution < -0.4 is 19.1 Å². The molecule has 1 N–H and O–H groups in total. The maximum Gasteiger partial charge on any atom is 0.301 e. The van der Waals surface area contributed by atoms with Crippen molar-refractivity contribution in [2.24, 2.45) is 0 Å². The molecule has 1 unspecified atom stereocenters. The van der Waals surface area contributed by atoms with Gasteiger partial charge in [-0.3, -0.25) is 14.5 Å². The van der Waals surface area contributed by atoms with Crippen molar-refractivity contribution in [3.63, 3.8) is 0 Å². The van der Waals surface area contributed by atoms with Crippen LogP contribution in [-0.2, 0) is 9.59 Å². The molecule has 2 heterocycles. The standard InChI is InChI=1S/C28H23FN2O6S/c1-4-37-20-12-7-16(13-21(20)36-3)24-23(25(32)15-5-8-17(29)9-6-15)26(33)27(34)31(24)28-30-19-11-10-18(35-2)14-22(19)38-28/h5-14,24,32H,4H2,1-3H3/b25-23+. The predicted octanol–water partition coefficient (Wildman–Crippen LogP) is 5.48. The van der Waals surface area contributed by atoms with E-state index in [4.69, 9.17) is 14.2 Å². The fourth-order valence-corrected chi connectivity index (χ4v) is 5.38. The van der Waals surface area contributed by atoms with E-state index in [1.165, 1.54) is 47.6 Å². The average molecular weight is 535 g/mol. The Hall–Kier alpha value is -4.44. The van der Waals surface area contributed by atoms with Crippen LogP contribution in [0.5, 0.6) is 17.2 Å². The first-order chi connectivity index (χ1) is 18.4. The summed E-state index contributed by atoms with van der Waals surface area (Å²) in [7, 11) is 3.04. The summed E-state index contributed by atoms with van der Waals surface area (Å²) in [5.41, 5.74) is 1.16. The van der Waals surface area contributed by atoms with Crippen molar-refractivity contribution in [3.8, 4) is 17.2 Å². The van der Waals surface area contributed by atoms with Gasteiger partial charge < -0.3 is 19.3 Å². The van der Waals surface area contributed by atoms with Crippen molar-refractivity contribution in [2.75, 3.05) is 25.7 Å². The van der Waals surface area contributed by atoms with Gasteiger partial charge in [0.15, 0.2) is 16.6 Å². The van der Waals surface area contributed by atoms with E-state index in [1.807, 2.05) is 6.92 Å². The third-order valence-corrected chi connectivity index (χ3v) is 7.17. The van der Waals surface area contributed by atoms with Crippen molar-refractivity contribution >= 4 is 44.1 Å². The molecule has 1 aliphatic heterocycles. The summed E-state index contributed by atoms with van der Waals surface area (Å²) in [5.74, 6) is -1.16. The Morgan fingerprint density at radius 3 is 2.47 bits per heavy atom. The van der Waals surface area contributed by atoms with E-state index < -0.39 is 29.3 Å². The lowest BCUT2D eigenvalue weighted by Crippen LogP contribution is -2.29. The summed E-state index contributed by atoms with van der Waals surface area (Å²) in [6.45, 7) is 2.25. The number of aromatic nitrogens is 1. The summed E-state index contributed by atoms with van der Waals surface area (Å²) in [4.78, 5) is 32.8. The molecule has 10 heteroatoms. The van der Waals surface area contributed by atoms with E-state index in [9.17, 15) is 19.1 Å². The molecule has 1 atom stereocenters. The SMILES string of the molecule is CCOc1ccc(C2/C(=C(\O)c3ccc(F)cc3)C(=O)C(=O)N2c2nc3ccc(OC)cc3s2)cc1OC. The van der Waals surface area contributed by atoms with E-state index >= 15 is 0 Å². The lowest BCUT2D eigenvalue weighted by Gasteiger charge is -2.24. The van der Waals surface area contributed by atoms with Gasteiger partial charge in [0.05, 0.1) is 42.7 Å². The van der Waals surface area contributed by atoms with Crippen LogP contribution in [-0.4, -0.2) is 42.6 Å². The number of thiazole rings is 1. The Balaban J connectivity index is 1.72. The van der Waals surface area contributed by atoms with Crippen LogP contribution in [0.3, 0.4) is 0 Å². The number of Topliss-reactive ketones (excluding diaryl/α,β-unsaturated/α-hetero) is 1. The number of aliphatic hydroxyl groups excluding tert-OH is 1. The number of halogens is 1. The molecule has 1 amide bonds. The maximum atomic E-state index is 13.6. The van der Waals surface area contributed by atoms with E-state index in [1.54, 1.807) is 43.5 Å². The molecule has 8 nitrogen and oxygen atoms in total. The van der Waals surface area contributed by atoms with Gasteiger partial charge in [-0.25, -0.2) is 9.37 Å². The van der Waals surface area contributed by atoms with Crippen LogP contribution >= 0.6 is 11.3 Å².